The van der Waals surface area contributed by atoms with Crippen molar-refractivity contribution >= 4 is 22.1 Å². The van der Waals surface area contributed by atoms with Gasteiger partial charge >= 0.3 is 63.3 Å². The zero-order valence-electron chi connectivity index (χ0n) is 17.5. The van der Waals surface area contributed by atoms with E-state index in [4.69, 9.17) is 9.47 Å². The largest absolute Gasteiger partial charge is 1.00 e. The number of benzene rings is 1. The molecule has 158 valence electrons. The Morgan fingerprint density at radius 3 is 2.03 bits per heavy atom. The first-order chi connectivity index (χ1) is 13.3. The Kier molecular flexibility index (Phi) is 15.3. The molecule has 0 N–H and O–H groups in total. The molecular weight excluding hydrogens is 423 g/mol. The van der Waals surface area contributed by atoms with Crippen molar-refractivity contribution in [3.8, 4) is 0 Å². The molecule has 7 nitrogen and oxygen atoms in total. The van der Waals surface area contributed by atoms with Crippen LogP contribution in [0.15, 0.2) is 24.3 Å². The van der Waals surface area contributed by atoms with E-state index in [2.05, 4.69) is 6.92 Å². The summed E-state index contributed by atoms with van der Waals surface area (Å²) in [6.07, 6.45) is 6.51. The molecule has 9 heteroatoms. The van der Waals surface area contributed by atoms with Gasteiger partial charge in [0.05, 0.1) is 17.7 Å². The summed E-state index contributed by atoms with van der Waals surface area (Å²) in [5, 5.41) is 0. The van der Waals surface area contributed by atoms with Crippen molar-refractivity contribution in [2.24, 2.45) is 0 Å². The predicted octanol–water partition coefficient (Wildman–Crippen LogP) is 1.04. The quantitative estimate of drug-likeness (QED) is 0.190. The van der Waals surface area contributed by atoms with Crippen molar-refractivity contribution in [2.75, 3.05) is 6.61 Å². The van der Waals surface area contributed by atoms with E-state index in [-0.39, 0.29) is 75.5 Å². The fraction of sp³-hybridized carbons (Fsp3) is 0.600. The smallest absolute Gasteiger partial charge is 0.745 e. The normalized spacial score (nSPS) is 12.0. The van der Waals surface area contributed by atoms with Gasteiger partial charge in [0.25, 0.3) is 0 Å². The summed E-state index contributed by atoms with van der Waals surface area (Å²) in [5.41, 5.74) is -1.92. The summed E-state index contributed by atoms with van der Waals surface area (Å²) in [6, 6.07) is 5.82. The summed E-state index contributed by atoms with van der Waals surface area (Å²) in [6.45, 7) is 4.04. The Morgan fingerprint density at radius 1 is 0.931 bits per heavy atom. The molecule has 0 spiro atoms. The molecule has 0 amide bonds. The van der Waals surface area contributed by atoms with Crippen LogP contribution in [-0.2, 0) is 19.6 Å². The van der Waals surface area contributed by atoms with E-state index in [1.807, 2.05) is 0 Å². The van der Waals surface area contributed by atoms with Gasteiger partial charge in [0.15, 0.2) is 5.44 Å². The van der Waals surface area contributed by atoms with Gasteiger partial charge in [-0.3, -0.25) is 0 Å². The second-order valence-corrected chi connectivity index (χ2v) is 8.08. The summed E-state index contributed by atoms with van der Waals surface area (Å²) in [7, 11) is -4.80. The number of rotatable bonds is 13. The van der Waals surface area contributed by atoms with Crippen molar-refractivity contribution in [3.05, 3.63) is 35.4 Å². The number of carbonyl (C=O) groups is 2. The van der Waals surface area contributed by atoms with Gasteiger partial charge in [0.2, 0.25) is 0 Å². The van der Waals surface area contributed by atoms with Crippen molar-refractivity contribution in [2.45, 2.75) is 70.7 Å². The molecule has 0 aromatic heterocycles. The molecule has 0 heterocycles. The Labute approximate surface area is 216 Å². The van der Waals surface area contributed by atoms with E-state index in [9.17, 15) is 22.6 Å². The van der Waals surface area contributed by atoms with Crippen LogP contribution in [0.5, 0.6) is 0 Å². The number of carbonyl (C=O) groups excluding carboxylic acids is 2. The summed E-state index contributed by atoms with van der Waals surface area (Å²) < 4.78 is 43.8. The van der Waals surface area contributed by atoms with Crippen molar-refractivity contribution in [1.29, 1.82) is 0 Å². The molecule has 0 aliphatic heterocycles. The maximum atomic E-state index is 12.3. The van der Waals surface area contributed by atoms with E-state index >= 15 is 0 Å². The molecule has 1 unspecified atom stereocenters. The van der Waals surface area contributed by atoms with Gasteiger partial charge in [-0.05, 0) is 25.0 Å². The maximum Gasteiger partial charge on any atom is 1.00 e. The third-order valence-electron chi connectivity index (χ3n) is 4.18. The Bertz CT molecular complexity index is 734. The third-order valence-corrected chi connectivity index (χ3v) is 5.16. The first-order valence-corrected chi connectivity index (χ1v) is 11.2. The van der Waals surface area contributed by atoms with Crippen LogP contribution in [0.4, 0.5) is 0 Å². The fourth-order valence-electron chi connectivity index (χ4n) is 2.64. The third kappa shape index (κ3) is 11.0. The average molecular weight is 453 g/mol. The number of hydrogen-bond donors (Lipinski definition) is 0. The first kappa shape index (κ1) is 28.7. The Balaban J connectivity index is 0.00000784. The van der Waals surface area contributed by atoms with E-state index in [1.165, 1.54) is 24.6 Å². The van der Waals surface area contributed by atoms with Crippen LogP contribution in [0.2, 0.25) is 0 Å². The van der Waals surface area contributed by atoms with Crippen LogP contribution in [0, 0.1) is 0 Å². The van der Waals surface area contributed by atoms with Gasteiger partial charge in [-0.2, -0.15) is 0 Å². The Morgan fingerprint density at radius 2 is 1.48 bits per heavy atom. The van der Waals surface area contributed by atoms with Crippen molar-refractivity contribution in [1.82, 2.24) is 0 Å². The molecule has 0 saturated heterocycles. The maximum absolute atomic E-state index is 12.3. The molecular formula is C20H29KO7S. The van der Waals surface area contributed by atoms with Crippen molar-refractivity contribution in [3.63, 3.8) is 0 Å². The minimum Gasteiger partial charge on any atom is -0.745 e. The second kappa shape index (κ2) is 15.5. The molecule has 0 saturated carbocycles. The van der Waals surface area contributed by atoms with Crippen LogP contribution in [-0.4, -0.2) is 37.0 Å². The zero-order valence-corrected chi connectivity index (χ0v) is 21.5. The number of ether oxygens (including phenoxy) is 2. The standard InChI is InChI=1S/C20H30O7S.K/c1-3-5-6-7-8-11-15-26-19(21)16-13-9-10-14-17(16)20(22)27-18(12-4-2)28(23,24)25;/h9-10,13-14,18H,3-8,11-12,15H2,1-2H3,(H,23,24,25);/q;+1/p-1. The molecule has 0 aliphatic rings. The van der Waals surface area contributed by atoms with E-state index < -0.39 is 27.5 Å². The van der Waals surface area contributed by atoms with Gasteiger partial charge in [0.1, 0.15) is 10.1 Å². The first-order valence-electron chi connectivity index (χ1n) is 9.73. The van der Waals surface area contributed by atoms with Crippen LogP contribution < -0.4 is 51.4 Å². The number of esters is 2. The van der Waals surface area contributed by atoms with Crippen LogP contribution in [0.3, 0.4) is 0 Å². The van der Waals surface area contributed by atoms with Crippen molar-refractivity contribution < 1.29 is 83.4 Å². The number of unbranched alkanes of at least 4 members (excludes halogenated alkanes) is 5. The van der Waals surface area contributed by atoms with Gasteiger partial charge in [-0.1, -0.05) is 64.5 Å². The summed E-state index contributed by atoms with van der Waals surface area (Å²) in [4.78, 5) is 24.6. The van der Waals surface area contributed by atoms with Gasteiger partial charge < -0.3 is 14.0 Å². The summed E-state index contributed by atoms with van der Waals surface area (Å²) >= 11 is 0. The molecule has 1 aromatic carbocycles. The van der Waals surface area contributed by atoms with Crippen LogP contribution in [0.1, 0.15) is 85.9 Å². The SMILES string of the molecule is CCCCCCCCOC(=O)c1ccccc1C(=O)OC(CCC)S(=O)(=O)[O-].[K+]. The molecule has 1 rings (SSSR count). The molecule has 1 atom stereocenters. The molecule has 1 aromatic rings. The molecule has 0 bridgehead atoms. The van der Waals surface area contributed by atoms with Gasteiger partial charge in [-0.15, -0.1) is 0 Å². The minimum atomic E-state index is -4.80. The molecule has 0 aliphatic carbocycles. The number of hydrogen-bond acceptors (Lipinski definition) is 7. The van der Waals surface area contributed by atoms with E-state index in [0.29, 0.717) is 6.42 Å². The zero-order chi connectivity index (χ0) is 21.0. The predicted molar refractivity (Wildman–Crippen MR) is 104 cm³/mol. The van der Waals surface area contributed by atoms with Crippen LogP contribution >= 0.6 is 0 Å². The van der Waals surface area contributed by atoms with E-state index in [1.54, 1.807) is 13.0 Å². The second-order valence-electron chi connectivity index (χ2n) is 6.57. The minimum absolute atomic E-state index is 0. The monoisotopic (exact) mass is 452 g/mol. The summed E-state index contributed by atoms with van der Waals surface area (Å²) in [5.74, 6) is -1.72. The Hall–Kier alpha value is -0.294. The van der Waals surface area contributed by atoms with Crippen LogP contribution in [0.25, 0.3) is 0 Å². The molecule has 0 radical (unpaired) electrons. The average Bonchev–Trinajstić information content (AvgIpc) is 2.66. The molecule has 29 heavy (non-hydrogen) atoms. The molecule has 0 fully saturated rings. The van der Waals surface area contributed by atoms with E-state index in [0.717, 1.165) is 32.1 Å². The van der Waals surface area contributed by atoms with Gasteiger partial charge in [-0.25, -0.2) is 18.0 Å². The van der Waals surface area contributed by atoms with Gasteiger partial charge in [0, 0.05) is 0 Å². The fourth-order valence-corrected chi connectivity index (χ4v) is 3.37. The topological polar surface area (TPSA) is 110 Å².